The number of aromatic nitrogens is 3. The smallest absolute Gasteiger partial charge is 0.309 e. The summed E-state index contributed by atoms with van der Waals surface area (Å²) >= 11 is 0. The first-order valence-corrected chi connectivity index (χ1v) is 10.8. The summed E-state index contributed by atoms with van der Waals surface area (Å²) in [5.74, 6) is -0.101. The van der Waals surface area contributed by atoms with Crippen LogP contribution in [-0.4, -0.2) is 27.3 Å². The van der Waals surface area contributed by atoms with Gasteiger partial charge in [-0.15, -0.1) is 0 Å². The molecule has 6 heteroatoms. The minimum Gasteiger partial charge on any atom is -0.466 e. The van der Waals surface area contributed by atoms with Crippen molar-refractivity contribution in [3.05, 3.63) is 59.2 Å². The third-order valence-electron chi connectivity index (χ3n) is 6.30. The Balaban J connectivity index is 1.80. The first kappa shape index (κ1) is 19.8. The van der Waals surface area contributed by atoms with Crippen molar-refractivity contribution >= 4 is 27.8 Å². The Bertz CT molecular complexity index is 1320. The number of hydrogen-bond acceptors (Lipinski definition) is 3. The first-order chi connectivity index (χ1) is 14.9. The Kier molecular flexibility index (Phi) is 4.61. The van der Waals surface area contributed by atoms with Crippen molar-refractivity contribution < 1.29 is 13.9 Å². The molecular weight excluding hydrogens is 393 g/mol. The molecule has 1 aliphatic carbocycles. The zero-order chi connectivity index (χ0) is 21.9. The number of esters is 1. The van der Waals surface area contributed by atoms with Crippen molar-refractivity contribution in [1.82, 2.24) is 14.8 Å². The van der Waals surface area contributed by atoms with E-state index in [4.69, 9.17) is 4.74 Å². The molecule has 0 radical (unpaired) electrons. The van der Waals surface area contributed by atoms with Crippen LogP contribution in [0.3, 0.4) is 0 Å². The van der Waals surface area contributed by atoms with Crippen LogP contribution in [0, 0.1) is 18.7 Å². The minimum absolute atomic E-state index is 0.107. The summed E-state index contributed by atoms with van der Waals surface area (Å²) in [5.41, 5.74) is 5.91. The fourth-order valence-electron chi connectivity index (χ4n) is 4.80. The normalized spacial score (nSPS) is 18.3. The zero-order valence-corrected chi connectivity index (χ0v) is 18.2. The third kappa shape index (κ3) is 3.12. The second-order valence-corrected chi connectivity index (χ2v) is 8.75. The third-order valence-corrected chi connectivity index (χ3v) is 6.30. The van der Waals surface area contributed by atoms with Gasteiger partial charge in [-0.1, -0.05) is 13.8 Å². The second kappa shape index (κ2) is 7.22. The van der Waals surface area contributed by atoms with Crippen LogP contribution in [0.1, 0.15) is 55.8 Å². The zero-order valence-electron chi connectivity index (χ0n) is 18.2. The van der Waals surface area contributed by atoms with Crippen LogP contribution in [-0.2, 0) is 9.53 Å². The van der Waals surface area contributed by atoms with Crippen LogP contribution in [0.15, 0.2) is 36.5 Å². The number of nitrogens with one attached hydrogen (secondary N) is 1. The highest BCUT2D eigenvalue weighted by molar-refractivity contribution is 5.99. The predicted octanol–water partition coefficient (Wildman–Crippen LogP) is 5.74. The standard InChI is InChI=1S/C25H26FN3O2/c1-5-31-25(30)18-10-17(18)23-19-11-21-15(12-27-28-21)9-22(19)29(24(23)13(2)3)16-6-7-20(26)14(4)8-16/h6-9,11-13,17-18H,5,10H2,1-4H3,(H,27,28)/t17-,18+/m0/s1. The lowest BCUT2D eigenvalue weighted by molar-refractivity contribution is -0.144. The number of H-pyrrole nitrogens is 1. The number of carbonyl (C=O) groups excluding carboxylic acids is 1. The number of hydrogen-bond donors (Lipinski definition) is 1. The maximum atomic E-state index is 14.0. The average molecular weight is 420 g/mol. The predicted molar refractivity (Wildman–Crippen MR) is 119 cm³/mol. The molecule has 0 aliphatic heterocycles. The lowest BCUT2D eigenvalue weighted by Crippen LogP contribution is -2.09. The number of aromatic amines is 1. The Labute approximate surface area is 180 Å². The molecule has 5 nitrogen and oxygen atoms in total. The highest BCUT2D eigenvalue weighted by Gasteiger charge is 2.48. The summed E-state index contributed by atoms with van der Waals surface area (Å²) in [7, 11) is 0. The van der Waals surface area contributed by atoms with Gasteiger partial charge >= 0.3 is 5.97 Å². The van der Waals surface area contributed by atoms with E-state index in [1.807, 2.05) is 25.3 Å². The number of aryl methyl sites for hydroxylation is 1. The van der Waals surface area contributed by atoms with E-state index in [2.05, 4.69) is 40.7 Å². The molecule has 0 bridgehead atoms. The Hall–Kier alpha value is -3.15. The highest BCUT2D eigenvalue weighted by Crippen LogP contribution is 2.54. The van der Waals surface area contributed by atoms with Crippen molar-refractivity contribution in [2.24, 2.45) is 5.92 Å². The van der Waals surface area contributed by atoms with Gasteiger partial charge in [0, 0.05) is 28.1 Å². The van der Waals surface area contributed by atoms with E-state index in [9.17, 15) is 9.18 Å². The van der Waals surface area contributed by atoms with Crippen molar-refractivity contribution in [2.75, 3.05) is 6.61 Å². The summed E-state index contributed by atoms with van der Waals surface area (Å²) in [6, 6.07) is 9.50. The van der Waals surface area contributed by atoms with Crippen molar-refractivity contribution in [2.45, 2.75) is 46.0 Å². The molecule has 0 amide bonds. The van der Waals surface area contributed by atoms with Crippen LogP contribution < -0.4 is 0 Å². The van der Waals surface area contributed by atoms with Gasteiger partial charge in [0.05, 0.1) is 29.8 Å². The van der Waals surface area contributed by atoms with Crippen molar-refractivity contribution in [3.63, 3.8) is 0 Å². The Morgan fingerprint density at radius 1 is 1.32 bits per heavy atom. The second-order valence-electron chi connectivity index (χ2n) is 8.75. The van der Waals surface area contributed by atoms with Crippen molar-refractivity contribution in [1.29, 1.82) is 0 Å². The molecule has 1 fully saturated rings. The molecule has 0 spiro atoms. The van der Waals surface area contributed by atoms with Crippen LogP contribution in [0.25, 0.3) is 27.5 Å². The maximum absolute atomic E-state index is 14.0. The van der Waals surface area contributed by atoms with Crippen LogP contribution >= 0.6 is 0 Å². The highest BCUT2D eigenvalue weighted by atomic mass is 19.1. The van der Waals surface area contributed by atoms with Crippen LogP contribution in [0.2, 0.25) is 0 Å². The molecule has 5 rings (SSSR count). The number of fused-ring (bicyclic) bond motifs is 2. The minimum atomic E-state index is -0.215. The molecule has 1 aliphatic rings. The van der Waals surface area contributed by atoms with E-state index in [0.717, 1.165) is 33.9 Å². The van der Waals surface area contributed by atoms with E-state index < -0.39 is 0 Å². The number of ether oxygens (including phenoxy) is 1. The monoisotopic (exact) mass is 419 g/mol. The van der Waals surface area contributed by atoms with Crippen molar-refractivity contribution in [3.8, 4) is 5.69 Å². The van der Waals surface area contributed by atoms with Gasteiger partial charge in [-0.05, 0) is 67.6 Å². The summed E-state index contributed by atoms with van der Waals surface area (Å²) in [6.07, 6.45) is 2.61. The van der Waals surface area contributed by atoms with Gasteiger partial charge in [0.15, 0.2) is 0 Å². The number of rotatable bonds is 5. The first-order valence-electron chi connectivity index (χ1n) is 10.8. The fourth-order valence-corrected chi connectivity index (χ4v) is 4.80. The molecule has 2 atom stereocenters. The quantitative estimate of drug-likeness (QED) is 0.419. The SMILES string of the molecule is CCOC(=O)[C@@H]1C[C@@H]1c1c(C(C)C)n(-c2ccc(F)c(C)c2)c2cc3cn[nH]c3cc12. The molecule has 31 heavy (non-hydrogen) atoms. The molecule has 0 unspecified atom stereocenters. The molecule has 4 aromatic rings. The molecular formula is C25H26FN3O2. The summed E-state index contributed by atoms with van der Waals surface area (Å²) in [5, 5.41) is 9.38. The number of benzene rings is 2. The van der Waals surface area contributed by atoms with Gasteiger partial charge in [0.1, 0.15) is 5.82 Å². The van der Waals surface area contributed by atoms with Gasteiger partial charge in [-0.3, -0.25) is 9.89 Å². The largest absolute Gasteiger partial charge is 0.466 e. The summed E-state index contributed by atoms with van der Waals surface area (Å²) < 4.78 is 21.6. The van der Waals surface area contributed by atoms with Gasteiger partial charge in [-0.2, -0.15) is 5.10 Å². The van der Waals surface area contributed by atoms with E-state index in [1.54, 1.807) is 6.92 Å². The molecule has 0 saturated heterocycles. The Morgan fingerprint density at radius 2 is 2.13 bits per heavy atom. The van der Waals surface area contributed by atoms with Crippen LogP contribution in [0.5, 0.6) is 0 Å². The summed E-state index contributed by atoms with van der Waals surface area (Å²) in [4.78, 5) is 12.4. The molecule has 2 aromatic heterocycles. The molecule has 1 N–H and O–H groups in total. The lowest BCUT2D eigenvalue weighted by Gasteiger charge is -2.16. The van der Waals surface area contributed by atoms with E-state index in [1.165, 1.54) is 17.3 Å². The molecule has 2 aromatic carbocycles. The number of halogens is 1. The topological polar surface area (TPSA) is 59.9 Å². The molecule has 1 saturated carbocycles. The van der Waals surface area contributed by atoms with Crippen LogP contribution in [0.4, 0.5) is 4.39 Å². The molecule has 160 valence electrons. The molecule has 2 heterocycles. The van der Waals surface area contributed by atoms with Gasteiger partial charge in [-0.25, -0.2) is 4.39 Å². The van der Waals surface area contributed by atoms with E-state index in [-0.39, 0.29) is 29.5 Å². The lowest BCUT2D eigenvalue weighted by atomic mass is 9.98. The van der Waals surface area contributed by atoms with Gasteiger partial charge < -0.3 is 9.30 Å². The fraction of sp³-hybridized carbons (Fsp3) is 0.360. The summed E-state index contributed by atoms with van der Waals surface area (Å²) in [6.45, 7) is 8.35. The maximum Gasteiger partial charge on any atom is 0.309 e. The number of nitrogens with zero attached hydrogens (tertiary/aromatic N) is 2. The average Bonchev–Trinajstić information content (AvgIpc) is 3.26. The Morgan fingerprint density at radius 3 is 2.84 bits per heavy atom. The van der Waals surface area contributed by atoms with E-state index in [0.29, 0.717) is 12.2 Å². The van der Waals surface area contributed by atoms with E-state index >= 15 is 0 Å². The number of carbonyl (C=O) groups is 1. The van der Waals surface area contributed by atoms with Gasteiger partial charge in [0.25, 0.3) is 0 Å². The van der Waals surface area contributed by atoms with Gasteiger partial charge in [0.2, 0.25) is 0 Å².